The molecule has 0 bridgehead atoms. The highest BCUT2D eigenvalue weighted by molar-refractivity contribution is 5.94. The first-order valence-electron chi connectivity index (χ1n) is 8.10. The van der Waals surface area contributed by atoms with Crippen LogP contribution >= 0.6 is 0 Å². The summed E-state index contributed by atoms with van der Waals surface area (Å²) in [5, 5.41) is 0. The summed E-state index contributed by atoms with van der Waals surface area (Å²) in [5.41, 5.74) is 5.29. The molecule has 2 aromatic rings. The van der Waals surface area contributed by atoms with Crippen LogP contribution in [-0.2, 0) is 5.41 Å². The fraction of sp³-hybridized carbons (Fsp3) is 0.238. The fourth-order valence-electron chi connectivity index (χ4n) is 3.28. The Morgan fingerprint density at radius 2 is 1.75 bits per heavy atom. The lowest BCUT2D eigenvalue weighted by molar-refractivity contribution is 0.101. The van der Waals surface area contributed by atoms with E-state index < -0.39 is 0 Å². The molecule has 1 heterocycles. The number of para-hydroxylation sites is 1. The number of ketones is 1. The normalized spacial score (nSPS) is 17.5. The molecule has 2 aromatic carbocycles. The van der Waals surface area contributed by atoms with Gasteiger partial charge >= 0.3 is 0 Å². The van der Waals surface area contributed by atoms with E-state index >= 15 is 0 Å². The van der Waals surface area contributed by atoms with Crippen LogP contribution in [0.3, 0.4) is 0 Å². The van der Waals surface area contributed by atoms with Crippen LogP contribution in [0.4, 0.5) is 11.4 Å². The smallest absolute Gasteiger partial charge is 0.159 e. The van der Waals surface area contributed by atoms with Gasteiger partial charge in [-0.25, -0.2) is 0 Å². The quantitative estimate of drug-likeness (QED) is 0.595. The van der Waals surface area contributed by atoms with Gasteiger partial charge < -0.3 is 4.90 Å². The molecule has 1 aliphatic heterocycles. The Bertz CT molecular complexity index is 829. The van der Waals surface area contributed by atoms with Gasteiger partial charge in [-0.2, -0.15) is 0 Å². The predicted molar refractivity (Wildman–Crippen MR) is 101 cm³/mol. The van der Waals surface area contributed by atoms with Crippen molar-refractivity contribution in [1.82, 2.24) is 0 Å². The molecule has 0 fully saturated rings. The molecule has 0 spiro atoms. The van der Waals surface area contributed by atoms with Gasteiger partial charge in [0.1, 0.15) is 0 Å². The van der Waals surface area contributed by atoms with E-state index in [0.717, 1.165) is 5.69 Å². The maximum Gasteiger partial charge on any atom is 0.159 e. The molecular formula is C21H22N2O. The summed E-state index contributed by atoms with van der Waals surface area (Å²) in [6, 6.07) is 15.8. The molecule has 0 aliphatic carbocycles. The van der Waals surface area contributed by atoms with Crippen molar-refractivity contribution >= 4 is 23.4 Å². The number of carbonyl (C=O) groups excluding carboxylic acids is 1. The van der Waals surface area contributed by atoms with Gasteiger partial charge in [0.2, 0.25) is 0 Å². The molecule has 0 N–H and O–H groups in total. The first-order chi connectivity index (χ1) is 11.4. The zero-order valence-electron chi connectivity index (χ0n) is 14.6. The second kappa shape index (κ2) is 6.08. The molecule has 0 aromatic heterocycles. The van der Waals surface area contributed by atoms with E-state index in [-0.39, 0.29) is 11.2 Å². The van der Waals surface area contributed by atoms with Gasteiger partial charge in [0.25, 0.3) is 0 Å². The van der Waals surface area contributed by atoms with Gasteiger partial charge in [0, 0.05) is 35.6 Å². The molecule has 122 valence electrons. The molecular weight excluding hydrogens is 296 g/mol. The topological polar surface area (TPSA) is 32.7 Å². The molecule has 0 amide bonds. The Balaban J connectivity index is 1.86. The number of allylic oxidation sites excluding steroid dienone is 2. The standard InChI is InChI=1S/C21H22N2O/c1-15(24)16-9-11-17(12-10-16)22-14-13-20-21(2,3)18-7-5-6-8-19(18)23(20)4/h5-14H,1-4H3/b20-13-,22-14?. The van der Waals surface area contributed by atoms with Crippen molar-refractivity contribution in [3.63, 3.8) is 0 Å². The van der Waals surface area contributed by atoms with Crippen LogP contribution in [0, 0.1) is 0 Å². The van der Waals surface area contributed by atoms with Gasteiger partial charge in [-0.1, -0.05) is 32.0 Å². The number of Topliss-reactive ketones (excluding diaryl/α,β-unsaturated/α-hetero) is 1. The summed E-state index contributed by atoms with van der Waals surface area (Å²) < 4.78 is 0. The number of nitrogens with zero attached hydrogens (tertiary/aromatic N) is 2. The summed E-state index contributed by atoms with van der Waals surface area (Å²) in [4.78, 5) is 18.0. The van der Waals surface area contributed by atoms with E-state index in [2.05, 4.69) is 61.1 Å². The number of rotatable bonds is 3. The van der Waals surface area contributed by atoms with Gasteiger partial charge in [0.05, 0.1) is 5.69 Å². The number of hydrogen-bond donors (Lipinski definition) is 0. The molecule has 0 saturated carbocycles. The summed E-state index contributed by atoms with van der Waals surface area (Å²) in [6.07, 6.45) is 3.90. The summed E-state index contributed by atoms with van der Waals surface area (Å²) in [5.74, 6) is 0.0692. The number of aliphatic imine (C=N–C) groups is 1. The van der Waals surface area contributed by atoms with E-state index in [1.807, 2.05) is 30.5 Å². The van der Waals surface area contributed by atoms with E-state index in [0.29, 0.717) is 5.56 Å². The van der Waals surface area contributed by atoms with E-state index in [4.69, 9.17) is 0 Å². The number of anilines is 1. The van der Waals surface area contributed by atoms with Crippen LogP contribution in [0.1, 0.15) is 36.7 Å². The molecule has 3 rings (SSSR count). The van der Waals surface area contributed by atoms with Crippen molar-refractivity contribution in [3.05, 3.63) is 71.4 Å². The Labute approximate surface area is 143 Å². The Kier molecular flexibility index (Phi) is 4.10. The minimum absolute atomic E-state index is 0.0458. The van der Waals surface area contributed by atoms with Crippen molar-refractivity contribution < 1.29 is 4.79 Å². The zero-order valence-corrected chi connectivity index (χ0v) is 14.6. The highest BCUT2D eigenvalue weighted by atomic mass is 16.1. The first kappa shape index (κ1) is 16.2. The van der Waals surface area contributed by atoms with Gasteiger partial charge in [-0.15, -0.1) is 0 Å². The molecule has 1 aliphatic rings. The first-order valence-corrected chi connectivity index (χ1v) is 8.10. The van der Waals surface area contributed by atoms with Crippen molar-refractivity contribution in [2.75, 3.05) is 11.9 Å². The second-order valence-electron chi connectivity index (χ2n) is 6.63. The van der Waals surface area contributed by atoms with Crippen molar-refractivity contribution in [2.45, 2.75) is 26.2 Å². The van der Waals surface area contributed by atoms with E-state index in [1.165, 1.54) is 16.9 Å². The molecule has 0 radical (unpaired) electrons. The second-order valence-corrected chi connectivity index (χ2v) is 6.63. The summed E-state index contributed by atoms with van der Waals surface area (Å²) >= 11 is 0. The summed E-state index contributed by atoms with van der Waals surface area (Å²) in [7, 11) is 2.09. The molecule has 3 heteroatoms. The highest BCUT2D eigenvalue weighted by Crippen LogP contribution is 2.46. The molecule has 24 heavy (non-hydrogen) atoms. The third-order valence-electron chi connectivity index (χ3n) is 4.67. The lowest BCUT2D eigenvalue weighted by atomic mass is 9.84. The molecule has 0 unspecified atom stereocenters. The highest BCUT2D eigenvalue weighted by Gasteiger charge is 2.37. The SMILES string of the molecule is CC(=O)c1ccc(N=C/C=C2\N(C)c3ccccc3C2(C)C)cc1. The Morgan fingerprint density at radius 3 is 2.38 bits per heavy atom. The molecule has 3 nitrogen and oxygen atoms in total. The van der Waals surface area contributed by atoms with Crippen LogP contribution in [-0.4, -0.2) is 19.0 Å². The van der Waals surface area contributed by atoms with Crippen LogP contribution < -0.4 is 4.90 Å². The monoisotopic (exact) mass is 318 g/mol. The maximum atomic E-state index is 11.3. The van der Waals surface area contributed by atoms with Crippen LogP contribution in [0.25, 0.3) is 0 Å². The number of hydrogen-bond acceptors (Lipinski definition) is 3. The number of benzene rings is 2. The fourth-order valence-corrected chi connectivity index (χ4v) is 3.28. The largest absolute Gasteiger partial charge is 0.347 e. The van der Waals surface area contributed by atoms with Crippen molar-refractivity contribution in [2.24, 2.45) is 4.99 Å². The minimum atomic E-state index is -0.0458. The van der Waals surface area contributed by atoms with Crippen molar-refractivity contribution in [1.29, 1.82) is 0 Å². The predicted octanol–water partition coefficient (Wildman–Crippen LogP) is 4.90. The minimum Gasteiger partial charge on any atom is -0.347 e. The lowest BCUT2D eigenvalue weighted by Gasteiger charge is -2.23. The average Bonchev–Trinajstić information content (AvgIpc) is 2.76. The van der Waals surface area contributed by atoms with Gasteiger partial charge in [-0.05, 0) is 48.9 Å². The van der Waals surface area contributed by atoms with Crippen LogP contribution in [0.2, 0.25) is 0 Å². The van der Waals surface area contributed by atoms with E-state index in [1.54, 1.807) is 6.92 Å². The van der Waals surface area contributed by atoms with Crippen molar-refractivity contribution in [3.8, 4) is 0 Å². The average molecular weight is 318 g/mol. The third-order valence-corrected chi connectivity index (χ3v) is 4.67. The third kappa shape index (κ3) is 2.78. The molecule has 0 atom stereocenters. The Hall–Kier alpha value is -2.68. The Morgan fingerprint density at radius 1 is 1.08 bits per heavy atom. The zero-order chi connectivity index (χ0) is 17.3. The number of carbonyl (C=O) groups is 1. The number of likely N-dealkylation sites (N-methyl/N-ethyl adjacent to an activating group) is 1. The van der Waals surface area contributed by atoms with Gasteiger partial charge in [0.15, 0.2) is 5.78 Å². The van der Waals surface area contributed by atoms with Gasteiger partial charge in [-0.3, -0.25) is 9.79 Å². The maximum absolute atomic E-state index is 11.3. The van der Waals surface area contributed by atoms with E-state index in [9.17, 15) is 4.79 Å². The number of fused-ring (bicyclic) bond motifs is 1. The van der Waals surface area contributed by atoms with Crippen LogP contribution in [0.15, 0.2) is 65.3 Å². The summed E-state index contributed by atoms with van der Waals surface area (Å²) in [6.45, 7) is 6.03. The molecule has 0 saturated heterocycles. The lowest BCUT2D eigenvalue weighted by Crippen LogP contribution is -2.22. The van der Waals surface area contributed by atoms with Crippen LogP contribution in [0.5, 0.6) is 0 Å².